The molecule has 25 heavy (non-hydrogen) atoms. The van der Waals surface area contributed by atoms with E-state index < -0.39 is 11.9 Å². The van der Waals surface area contributed by atoms with Gasteiger partial charge < -0.3 is 14.4 Å². The zero-order valence-electron chi connectivity index (χ0n) is 14.4. The highest BCUT2D eigenvalue weighted by molar-refractivity contribution is 6.43. The Morgan fingerprint density at radius 3 is 2.48 bits per heavy atom. The van der Waals surface area contributed by atoms with E-state index >= 15 is 0 Å². The lowest BCUT2D eigenvalue weighted by Crippen LogP contribution is -2.27. The van der Waals surface area contributed by atoms with E-state index in [1.165, 1.54) is 7.11 Å². The number of ether oxygens (including phenoxy) is 2. The average Bonchev–Trinajstić information content (AvgIpc) is 2.56. The first-order valence-corrected chi connectivity index (χ1v) is 8.44. The van der Waals surface area contributed by atoms with Crippen molar-refractivity contribution < 1.29 is 19.1 Å². The number of halogens is 2. The van der Waals surface area contributed by atoms with Crippen molar-refractivity contribution >= 4 is 40.8 Å². The van der Waals surface area contributed by atoms with Crippen molar-refractivity contribution in [2.24, 2.45) is 0 Å². The molecule has 134 valence electrons. The summed E-state index contributed by atoms with van der Waals surface area (Å²) in [6.07, 6.45) is 1.47. The van der Waals surface area contributed by atoms with Gasteiger partial charge in [0.15, 0.2) is 0 Å². The van der Waals surface area contributed by atoms with Crippen molar-refractivity contribution in [1.29, 1.82) is 0 Å². The van der Waals surface area contributed by atoms with Crippen molar-refractivity contribution in [1.82, 2.24) is 0 Å². The highest BCUT2D eigenvalue weighted by Gasteiger charge is 2.29. The van der Waals surface area contributed by atoms with Gasteiger partial charge in [0.2, 0.25) is 0 Å². The summed E-state index contributed by atoms with van der Waals surface area (Å²) in [6.45, 7) is 5.27. The lowest BCUT2D eigenvalue weighted by molar-refractivity contribution is -0.142. The zero-order chi connectivity index (χ0) is 18.7. The summed E-state index contributed by atoms with van der Waals surface area (Å²) in [5, 5.41) is 0.694. The number of hydrogen-bond acceptors (Lipinski definition) is 5. The minimum Gasteiger partial charge on any atom is -0.466 e. The third-order valence-corrected chi connectivity index (χ3v) is 4.49. The van der Waals surface area contributed by atoms with Gasteiger partial charge in [-0.05, 0) is 32.9 Å². The van der Waals surface area contributed by atoms with Crippen molar-refractivity contribution in [3.8, 4) is 0 Å². The van der Waals surface area contributed by atoms with Crippen molar-refractivity contribution in [3.63, 3.8) is 0 Å². The maximum Gasteiger partial charge on any atom is 0.336 e. The molecule has 0 amide bonds. The van der Waals surface area contributed by atoms with Crippen molar-refractivity contribution in [2.45, 2.75) is 33.3 Å². The van der Waals surface area contributed by atoms with E-state index in [1.807, 2.05) is 0 Å². The summed E-state index contributed by atoms with van der Waals surface area (Å²) in [7, 11) is 1.30. The molecule has 1 aliphatic heterocycles. The molecule has 0 N–H and O–H groups in total. The molecule has 1 aromatic rings. The second-order valence-electron chi connectivity index (χ2n) is 5.78. The fourth-order valence-corrected chi connectivity index (χ4v) is 2.84. The fraction of sp³-hybridized carbons (Fsp3) is 0.333. The minimum absolute atomic E-state index is 0.124. The van der Waals surface area contributed by atoms with E-state index in [4.69, 9.17) is 32.7 Å². The molecule has 1 aromatic carbocycles. The van der Waals surface area contributed by atoms with Crippen LogP contribution in [0.1, 0.15) is 27.2 Å². The van der Waals surface area contributed by atoms with Gasteiger partial charge >= 0.3 is 11.9 Å². The molecule has 1 heterocycles. The van der Waals surface area contributed by atoms with Gasteiger partial charge in [0, 0.05) is 18.3 Å². The molecule has 0 spiro atoms. The number of hydrogen-bond donors (Lipinski definition) is 0. The molecular formula is C18H19Cl2NO4. The zero-order valence-corrected chi connectivity index (χ0v) is 15.9. The summed E-state index contributed by atoms with van der Waals surface area (Å²) in [5.74, 6) is -1.00. The molecule has 0 saturated heterocycles. The number of esters is 2. The lowest BCUT2D eigenvalue weighted by atomic mass is 9.99. The number of rotatable bonds is 4. The van der Waals surface area contributed by atoms with E-state index in [-0.39, 0.29) is 12.5 Å². The fourth-order valence-electron chi connectivity index (χ4n) is 2.45. The van der Waals surface area contributed by atoms with Gasteiger partial charge in [-0.15, -0.1) is 0 Å². The first-order valence-electron chi connectivity index (χ1n) is 7.69. The van der Waals surface area contributed by atoms with Crippen LogP contribution in [0.25, 0.3) is 0 Å². The van der Waals surface area contributed by atoms with Gasteiger partial charge in [0.05, 0.1) is 40.1 Å². The van der Waals surface area contributed by atoms with Crippen LogP contribution in [0, 0.1) is 0 Å². The van der Waals surface area contributed by atoms with Crippen LogP contribution in [0.2, 0.25) is 10.0 Å². The number of carbonyl (C=O) groups excluding carboxylic acids is 2. The molecule has 0 aromatic heterocycles. The first-order chi connectivity index (χ1) is 11.8. The molecule has 0 bridgehead atoms. The van der Waals surface area contributed by atoms with E-state index in [2.05, 4.69) is 0 Å². The minimum atomic E-state index is -0.511. The van der Waals surface area contributed by atoms with Gasteiger partial charge in [-0.2, -0.15) is 0 Å². The molecular weight excluding hydrogens is 365 g/mol. The van der Waals surface area contributed by atoms with Gasteiger partial charge in [0.1, 0.15) is 0 Å². The number of anilines is 1. The highest BCUT2D eigenvalue weighted by atomic mass is 35.5. The molecule has 1 aliphatic rings. The first kappa shape index (κ1) is 19.3. The molecule has 0 atom stereocenters. The number of carbonyl (C=O) groups is 2. The van der Waals surface area contributed by atoms with E-state index in [0.29, 0.717) is 32.6 Å². The van der Waals surface area contributed by atoms with E-state index in [1.54, 1.807) is 50.1 Å². The van der Waals surface area contributed by atoms with Crippen LogP contribution in [0.15, 0.2) is 41.2 Å². The Balaban J connectivity index is 2.55. The quantitative estimate of drug-likeness (QED) is 0.717. The van der Waals surface area contributed by atoms with Crippen LogP contribution in [0.5, 0.6) is 0 Å². The Hall–Kier alpha value is -1.98. The van der Waals surface area contributed by atoms with E-state index in [9.17, 15) is 9.59 Å². The molecule has 0 unspecified atom stereocenters. The van der Waals surface area contributed by atoms with Crippen LogP contribution in [-0.4, -0.2) is 25.2 Å². The third-order valence-electron chi connectivity index (χ3n) is 3.68. The summed E-state index contributed by atoms with van der Waals surface area (Å²) >= 11 is 12.4. The Morgan fingerprint density at radius 1 is 1.20 bits per heavy atom. The van der Waals surface area contributed by atoms with Crippen LogP contribution >= 0.6 is 23.2 Å². The maximum atomic E-state index is 12.3. The Labute approximate surface area is 156 Å². The summed E-state index contributed by atoms with van der Waals surface area (Å²) in [5.41, 5.74) is 1.85. The number of methoxy groups -OCH3 is 1. The second-order valence-corrected chi connectivity index (χ2v) is 6.57. The SMILES string of the molecule is COC(=O)C1=C(C)N(c2cccc(Cl)c2Cl)C=C(C(=O)OC(C)C)C1. The third kappa shape index (κ3) is 4.17. The monoisotopic (exact) mass is 383 g/mol. The van der Waals surface area contributed by atoms with Crippen LogP contribution in [-0.2, 0) is 19.1 Å². The molecule has 0 radical (unpaired) electrons. The van der Waals surface area contributed by atoms with Crippen LogP contribution in [0.4, 0.5) is 5.69 Å². The Morgan fingerprint density at radius 2 is 1.88 bits per heavy atom. The molecule has 0 fully saturated rings. The average molecular weight is 384 g/mol. The summed E-state index contributed by atoms with van der Waals surface area (Å²) < 4.78 is 10.1. The molecule has 2 rings (SSSR count). The number of allylic oxidation sites excluding steroid dienone is 1. The summed E-state index contributed by atoms with van der Waals surface area (Å²) in [4.78, 5) is 26.2. The molecule has 0 aliphatic carbocycles. The largest absolute Gasteiger partial charge is 0.466 e. The molecule has 7 heteroatoms. The topological polar surface area (TPSA) is 55.8 Å². The van der Waals surface area contributed by atoms with Crippen molar-refractivity contribution in [3.05, 3.63) is 51.3 Å². The van der Waals surface area contributed by atoms with Crippen molar-refractivity contribution in [2.75, 3.05) is 12.0 Å². The Kier molecular flexibility index (Phi) is 6.14. The highest BCUT2D eigenvalue weighted by Crippen LogP contribution is 2.38. The molecule has 5 nitrogen and oxygen atoms in total. The number of benzene rings is 1. The van der Waals surface area contributed by atoms with Gasteiger partial charge in [-0.25, -0.2) is 9.59 Å². The second kappa shape index (κ2) is 7.93. The van der Waals surface area contributed by atoms with Gasteiger partial charge in [0.25, 0.3) is 0 Å². The summed E-state index contributed by atoms with van der Waals surface area (Å²) in [6, 6.07) is 5.15. The normalized spacial score (nSPS) is 14.5. The van der Waals surface area contributed by atoms with E-state index in [0.717, 1.165) is 0 Å². The lowest BCUT2D eigenvalue weighted by Gasteiger charge is -2.30. The standard InChI is InChI=1S/C18H19Cl2NO4/c1-10(2)25-17(22)12-8-13(18(23)24-4)11(3)21(9-12)15-7-5-6-14(19)16(15)20/h5-7,9-10H,8H2,1-4H3. The van der Waals surface area contributed by atoms with Crippen LogP contribution in [0.3, 0.4) is 0 Å². The van der Waals surface area contributed by atoms with Gasteiger partial charge in [-0.1, -0.05) is 29.3 Å². The Bertz CT molecular complexity index is 768. The maximum absolute atomic E-state index is 12.3. The number of nitrogens with zero attached hydrogens (tertiary/aromatic N) is 1. The van der Waals surface area contributed by atoms with Crippen LogP contribution < -0.4 is 4.90 Å². The predicted molar refractivity (Wildman–Crippen MR) is 97.6 cm³/mol. The smallest absolute Gasteiger partial charge is 0.336 e. The molecule has 0 saturated carbocycles. The van der Waals surface area contributed by atoms with Gasteiger partial charge in [-0.3, -0.25) is 0 Å². The predicted octanol–water partition coefficient (Wildman–Crippen LogP) is 4.49.